The van der Waals surface area contributed by atoms with Crippen LogP contribution in [0, 0.1) is 0 Å². The Labute approximate surface area is 146 Å². The number of nitrogens with zero attached hydrogens (tertiary/aromatic N) is 1. The summed E-state index contributed by atoms with van der Waals surface area (Å²) in [5.41, 5.74) is 4.36. The van der Waals surface area contributed by atoms with E-state index in [0.29, 0.717) is 6.61 Å². The Bertz CT molecular complexity index is 581. The maximum atomic E-state index is 10.8. The van der Waals surface area contributed by atoms with E-state index in [1.807, 2.05) is 0 Å². The Morgan fingerprint density at radius 1 is 1.25 bits per heavy atom. The first-order valence-corrected chi connectivity index (χ1v) is 8.99. The van der Waals surface area contributed by atoms with Crippen LogP contribution in [0.25, 0.3) is 0 Å². The van der Waals surface area contributed by atoms with E-state index in [4.69, 9.17) is 4.74 Å². The van der Waals surface area contributed by atoms with Crippen molar-refractivity contribution in [3.8, 4) is 0 Å². The molecule has 0 fully saturated rings. The molecule has 0 aromatic heterocycles. The third kappa shape index (κ3) is 5.20. The molecule has 0 saturated carbocycles. The van der Waals surface area contributed by atoms with Gasteiger partial charge in [0.2, 0.25) is 0 Å². The van der Waals surface area contributed by atoms with Gasteiger partial charge in [-0.1, -0.05) is 56.2 Å². The molecule has 0 saturated heterocycles. The van der Waals surface area contributed by atoms with E-state index in [1.165, 1.54) is 23.6 Å². The van der Waals surface area contributed by atoms with Crippen LogP contribution in [0.3, 0.4) is 0 Å². The Morgan fingerprint density at radius 2 is 2.00 bits per heavy atom. The van der Waals surface area contributed by atoms with Crippen LogP contribution in [-0.4, -0.2) is 30.6 Å². The quantitative estimate of drug-likeness (QED) is 0.401. The fourth-order valence-electron chi connectivity index (χ4n) is 3.84. The molecule has 0 amide bonds. The number of carbonyl (C=O) groups is 1. The van der Waals surface area contributed by atoms with Crippen LogP contribution >= 0.6 is 0 Å². The molecular formula is C21H31NO2. The number of benzene rings is 1. The minimum absolute atomic E-state index is 0.182. The average molecular weight is 329 g/mol. The Kier molecular flexibility index (Phi) is 6.61. The lowest BCUT2D eigenvalue weighted by molar-refractivity contribution is -0.141. The lowest BCUT2D eigenvalue weighted by Crippen LogP contribution is -2.44. The predicted molar refractivity (Wildman–Crippen MR) is 99.0 cm³/mol. The molecule has 1 aliphatic rings. The third-order valence-corrected chi connectivity index (χ3v) is 4.81. The molecule has 1 heterocycles. The molecule has 3 nitrogen and oxygen atoms in total. The van der Waals surface area contributed by atoms with Crippen molar-refractivity contribution < 1.29 is 9.53 Å². The van der Waals surface area contributed by atoms with Crippen LogP contribution < -0.4 is 0 Å². The summed E-state index contributed by atoms with van der Waals surface area (Å²) in [6, 6.07) is 8.86. The monoisotopic (exact) mass is 329 g/mol. The van der Waals surface area contributed by atoms with Gasteiger partial charge in [-0.2, -0.15) is 0 Å². The predicted octanol–water partition coefficient (Wildman–Crippen LogP) is 4.46. The molecule has 3 heteroatoms. The minimum Gasteiger partial charge on any atom is -0.466 e. The van der Waals surface area contributed by atoms with E-state index < -0.39 is 0 Å². The fourth-order valence-corrected chi connectivity index (χ4v) is 3.84. The summed E-state index contributed by atoms with van der Waals surface area (Å²) in [4.78, 5) is 13.3. The first-order valence-electron chi connectivity index (χ1n) is 8.99. The molecule has 1 atom stereocenters. The zero-order valence-corrected chi connectivity index (χ0v) is 15.4. The zero-order valence-electron chi connectivity index (χ0n) is 15.4. The number of hydrogen-bond acceptors (Lipinski definition) is 3. The van der Waals surface area contributed by atoms with Gasteiger partial charge in [-0.15, -0.1) is 0 Å². The first-order chi connectivity index (χ1) is 11.4. The molecule has 2 rings (SSSR count). The molecule has 0 aliphatic carbocycles. The van der Waals surface area contributed by atoms with E-state index in [1.54, 1.807) is 0 Å². The summed E-state index contributed by atoms with van der Waals surface area (Å²) in [6.07, 6.45) is 4.38. The lowest BCUT2D eigenvalue weighted by atomic mass is 9.73. The second-order valence-corrected chi connectivity index (χ2v) is 7.47. The number of esters is 1. The number of carbonyl (C=O) groups excluding carboxylic acids is 1. The largest absolute Gasteiger partial charge is 0.466 e. The number of rotatable bonds is 8. The van der Waals surface area contributed by atoms with Gasteiger partial charge in [-0.3, -0.25) is 9.69 Å². The third-order valence-electron chi connectivity index (χ3n) is 4.81. The van der Waals surface area contributed by atoms with Crippen molar-refractivity contribution in [1.82, 2.24) is 4.90 Å². The minimum atomic E-state index is -0.182. The maximum Gasteiger partial charge on any atom is 0.302 e. The van der Waals surface area contributed by atoms with Crippen molar-refractivity contribution in [3.63, 3.8) is 0 Å². The van der Waals surface area contributed by atoms with E-state index in [0.717, 1.165) is 45.3 Å². The number of hydrogen-bond donors (Lipinski definition) is 0. The standard InChI is InChI=1S/C21H31NO2/c1-17(2)14-22-15-19-10-6-7-11-20(19)21(4,16-22)12-8-5-9-13-24-18(3)23/h6-7,10-11H,1,5,8-9,12-16H2,2-4H3/t21-/m0/s1. The summed E-state index contributed by atoms with van der Waals surface area (Å²) < 4.78 is 5.02. The molecule has 132 valence electrons. The Hall–Kier alpha value is -1.61. The van der Waals surface area contributed by atoms with Gasteiger partial charge >= 0.3 is 5.97 Å². The van der Waals surface area contributed by atoms with E-state index in [9.17, 15) is 4.79 Å². The van der Waals surface area contributed by atoms with Gasteiger partial charge < -0.3 is 4.74 Å². The topological polar surface area (TPSA) is 29.5 Å². The van der Waals surface area contributed by atoms with Crippen molar-refractivity contribution in [3.05, 3.63) is 47.5 Å². The second-order valence-electron chi connectivity index (χ2n) is 7.47. The zero-order chi connectivity index (χ0) is 17.6. The van der Waals surface area contributed by atoms with Crippen molar-refractivity contribution in [2.24, 2.45) is 0 Å². The van der Waals surface area contributed by atoms with Crippen molar-refractivity contribution in [2.75, 3.05) is 19.7 Å². The van der Waals surface area contributed by atoms with E-state index in [2.05, 4.69) is 49.6 Å². The van der Waals surface area contributed by atoms with Crippen LogP contribution in [0.4, 0.5) is 0 Å². The smallest absolute Gasteiger partial charge is 0.302 e. The molecule has 0 unspecified atom stereocenters. The normalized spacial score (nSPS) is 20.5. The molecule has 24 heavy (non-hydrogen) atoms. The van der Waals surface area contributed by atoms with Gasteiger partial charge in [0, 0.05) is 32.0 Å². The van der Waals surface area contributed by atoms with Crippen LogP contribution in [0.1, 0.15) is 57.6 Å². The molecule has 0 spiro atoms. The van der Waals surface area contributed by atoms with Crippen LogP contribution in [0.15, 0.2) is 36.4 Å². The van der Waals surface area contributed by atoms with E-state index >= 15 is 0 Å². The summed E-state index contributed by atoms with van der Waals surface area (Å²) in [5, 5.41) is 0. The molecule has 0 N–H and O–H groups in total. The van der Waals surface area contributed by atoms with Gasteiger partial charge in [0.25, 0.3) is 0 Å². The summed E-state index contributed by atoms with van der Waals surface area (Å²) >= 11 is 0. The summed E-state index contributed by atoms with van der Waals surface area (Å²) in [6.45, 7) is 13.7. The van der Waals surface area contributed by atoms with Gasteiger partial charge in [0.1, 0.15) is 0 Å². The fraction of sp³-hybridized carbons (Fsp3) is 0.571. The van der Waals surface area contributed by atoms with Crippen LogP contribution in [0.5, 0.6) is 0 Å². The van der Waals surface area contributed by atoms with Gasteiger partial charge in [-0.25, -0.2) is 0 Å². The van der Waals surface area contributed by atoms with Crippen molar-refractivity contribution >= 4 is 5.97 Å². The first kappa shape index (κ1) is 18.7. The number of fused-ring (bicyclic) bond motifs is 1. The summed E-state index contributed by atoms with van der Waals surface area (Å²) in [5.74, 6) is -0.182. The van der Waals surface area contributed by atoms with Crippen LogP contribution in [0.2, 0.25) is 0 Å². The van der Waals surface area contributed by atoms with Crippen molar-refractivity contribution in [1.29, 1.82) is 0 Å². The Morgan fingerprint density at radius 3 is 2.71 bits per heavy atom. The molecule has 0 bridgehead atoms. The molecule has 1 aromatic rings. The molecule has 0 radical (unpaired) electrons. The molecule has 1 aliphatic heterocycles. The lowest BCUT2D eigenvalue weighted by Gasteiger charge is -2.42. The molecular weight excluding hydrogens is 298 g/mol. The average Bonchev–Trinajstić information content (AvgIpc) is 2.50. The highest BCUT2D eigenvalue weighted by molar-refractivity contribution is 5.65. The van der Waals surface area contributed by atoms with E-state index in [-0.39, 0.29) is 11.4 Å². The highest BCUT2D eigenvalue weighted by Crippen LogP contribution is 2.37. The highest BCUT2D eigenvalue weighted by atomic mass is 16.5. The highest BCUT2D eigenvalue weighted by Gasteiger charge is 2.34. The van der Waals surface area contributed by atoms with Gasteiger partial charge in [0.05, 0.1) is 6.61 Å². The van der Waals surface area contributed by atoms with Gasteiger partial charge in [-0.05, 0) is 30.9 Å². The SMILES string of the molecule is C=C(C)CN1Cc2ccccc2[C@@](C)(CCCCCOC(C)=O)C1. The number of unbranched alkanes of at least 4 members (excludes halogenated alkanes) is 2. The van der Waals surface area contributed by atoms with Gasteiger partial charge in [0.15, 0.2) is 0 Å². The van der Waals surface area contributed by atoms with Crippen LogP contribution in [-0.2, 0) is 21.5 Å². The van der Waals surface area contributed by atoms with Crippen molar-refractivity contribution in [2.45, 2.75) is 58.4 Å². The molecule has 1 aromatic carbocycles. The number of ether oxygens (including phenoxy) is 1. The summed E-state index contributed by atoms with van der Waals surface area (Å²) in [7, 11) is 0. The second kappa shape index (κ2) is 8.48. The Balaban J connectivity index is 1.97. The maximum absolute atomic E-state index is 10.8.